The monoisotopic (exact) mass is 358 g/mol. The second-order valence-corrected chi connectivity index (χ2v) is 6.12. The lowest BCUT2D eigenvalue weighted by Crippen LogP contribution is -2.26. The minimum absolute atomic E-state index is 0.0537. The van der Waals surface area contributed by atoms with Crippen molar-refractivity contribution >= 4 is 34.1 Å². The summed E-state index contributed by atoms with van der Waals surface area (Å²) in [5.41, 5.74) is 3.37. The number of carbonyl (C=O) groups excluding carboxylic acids is 1. The number of aromatic nitrogens is 1. The molecule has 2 aromatic carbocycles. The van der Waals surface area contributed by atoms with Gasteiger partial charge in [0, 0.05) is 23.1 Å². The van der Waals surface area contributed by atoms with Gasteiger partial charge in [0.15, 0.2) is 0 Å². The molecule has 0 radical (unpaired) electrons. The van der Waals surface area contributed by atoms with Crippen molar-refractivity contribution in [2.75, 3.05) is 11.8 Å². The first-order valence-electron chi connectivity index (χ1n) is 7.77. The van der Waals surface area contributed by atoms with Gasteiger partial charge in [0.05, 0.1) is 16.3 Å². The van der Waals surface area contributed by atoms with E-state index < -0.39 is 5.91 Å². The number of H-pyrrole nitrogens is 1. The van der Waals surface area contributed by atoms with Crippen LogP contribution < -0.4 is 10.5 Å². The van der Waals surface area contributed by atoms with Crippen molar-refractivity contribution in [1.29, 1.82) is 0 Å². The van der Waals surface area contributed by atoms with E-state index in [1.807, 2.05) is 31.2 Å². The highest BCUT2D eigenvalue weighted by molar-refractivity contribution is 6.34. The molecule has 3 rings (SSSR count). The fourth-order valence-corrected chi connectivity index (χ4v) is 3.06. The summed E-state index contributed by atoms with van der Waals surface area (Å²) < 4.78 is 0. The van der Waals surface area contributed by atoms with Crippen LogP contribution in [-0.2, 0) is 6.42 Å². The average Bonchev–Trinajstić information content (AvgIpc) is 2.90. The van der Waals surface area contributed by atoms with E-state index in [9.17, 15) is 10.0 Å². The standard InChI is InChI=1S/C18H17ClN3O3/c1-11-13(14-4-2-3-5-17(14)21-11)8-9-20-18(23)15-10-12(22(24)25)6-7-16(15)19/h2-7,10,21,24H,8-9H2,1H3,(H,20,23)/q-1. The van der Waals surface area contributed by atoms with Crippen LogP contribution in [0.2, 0.25) is 5.02 Å². The number of aryl methyl sites for hydroxylation is 1. The van der Waals surface area contributed by atoms with Crippen LogP contribution in [0.15, 0.2) is 42.5 Å². The lowest BCUT2D eigenvalue weighted by Gasteiger charge is -2.22. The first kappa shape index (κ1) is 17.3. The largest absolute Gasteiger partial charge is 0.733 e. The van der Waals surface area contributed by atoms with Gasteiger partial charge in [-0.05, 0) is 43.2 Å². The summed E-state index contributed by atoms with van der Waals surface area (Å²) in [4.78, 5) is 15.6. The van der Waals surface area contributed by atoms with Crippen molar-refractivity contribution in [1.82, 2.24) is 10.3 Å². The van der Waals surface area contributed by atoms with Crippen LogP contribution in [-0.4, -0.2) is 22.6 Å². The molecule has 3 aromatic rings. The zero-order valence-corrected chi connectivity index (χ0v) is 14.3. The molecule has 6 nitrogen and oxygen atoms in total. The highest BCUT2D eigenvalue weighted by atomic mass is 35.5. The quantitative estimate of drug-likeness (QED) is 0.605. The number of hydrogen-bond donors (Lipinski definition) is 3. The van der Waals surface area contributed by atoms with Crippen LogP contribution in [0.25, 0.3) is 10.9 Å². The van der Waals surface area contributed by atoms with Crippen LogP contribution in [0.3, 0.4) is 0 Å². The van der Waals surface area contributed by atoms with Gasteiger partial charge in [-0.15, -0.1) is 0 Å². The lowest BCUT2D eigenvalue weighted by molar-refractivity contribution is 0.0954. The van der Waals surface area contributed by atoms with Gasteiger partial charge in [-0.2, -0.15) is 0 Å². The zero-order valence-electron chi connectivity index (χ0n) is 13.5. The number of halogens is 1. The number of carbonyl (C=O) groups is 1. The molecule has 0 saturated carbocycles. The summed E-state index contributed by atoms with van der Waals surface area (Å²) >= 11 is 6.01. The molecule has 7 heteroatoms. The van der Waals surface area contributed by atoms with Crippen molar-refractivity contribution in [2.45, 2.75) is 13.3 Å². The molecule has 0 atom stereocenters. The number of rotatable bonds is 5. The normalized spacial score (nSPS) is 10.9. The number of nitrogens with one attached hydrogen (secondary N) is 2. The maximum absolute atomic E-state index is 12.3. The first-order chi connectivity index (χ1) is 12.0. The molecule has 1 heterocycles. The van der Waals surface area contributed by atoms with Crippen LogP contribution in [0.4, 0.5) is 5.69 Å². The summed E-state index contributed by atoms with van der Waals surface area (Å²) in [6.45, 7) is 2.42. The van der Waals surface area contributed by atoms with E-state index in [2.05, 4.69) is 10.3 Å². The van der Waals surface area contributed by atoms with Gasteiger partial charge in [0.25, 0.3) is 5.91 Å². The van der Waals surface area contributed by atoms with Gasteiger partial charge in [-0.3, -0.25) is 10.0 Å². The zero-order chi connectivity index (χ0) is 18.0. The number of aromatic amines is 1. The van der Waals surface area contributed by atoms with E-state index >= 15 is 0 Å². The number of benzene rings is 2. The fraction of sp³-hybridized carbons (Fsp3) is 0.167. The SMILES string of the molecule is Cc1[nH]c2ccccc2c1CCNC(=O)c1cc(N([O-])O)ccc1Cl. The number of hydrogen-bond acceptors (Lipinski definition) is 4. The van der Waals surface area contributed by atoms with Gasteiger partial charge in [-0.25, -0.2) is 0 Å². The fourth-order valence-electron chi connectivity index (χ4n) is 2.86. The van der Waals surface area contributed by atoms with Crippen LogP contribution in [0.5, 0.6) is 0 Å². The molecule has 0 aliphatic carbocycles. The Morgan fingerprint density at radius 2 is 2.08 bits per heavy atom. The number of amides is 1. The molecule has 0 bridgehead atoms. The van der Waals surface area contributed by atoms with Crippen LogP contribution in [0.1, 0.15) is 21.6 Å². The van der Waals surface area contributed by atoms with Crippen LogP contribution in [0, 0.1) is 12.1 Å². The third-order valence-corrected chi connectivity index (χ3v) is 4.43. The number of fused-ring (bicyclic) bond motifs is 1. The Morgan fingerprint density at radius 3 is 2.84 bits per heavy atom. The topological polar surface area (TPSA) is 91.4 Å². The number of para-hydroxylation sites is 1. The van der Waals surface area contributed by atoms with Crippen molar-refractivity contribution in [3.63, 3.8) is 0 Å². The summed E-state index contributed by atoms with van der Waals surface area (Å²) in [5, 5.41) is 23.8. The van der Waals surface area contributed by atoms with Gasteiger partial charge in [0.2, 0.25) is 0 Å². The van der Waals surface area contributed by atoms with E-state index in [1.165, 1.54) is 18.2 Å². The predicted octanol–water partition coefficient (Wildman–Crippen LogP) is 3.80. The summed E-state index contributed by atoms with van der Waals surface area (Å²) in [7, 11) is 0. The second-order valence-electron chi connectivity index (χ2n) is 5.72. The Labute approximate surface area is 149 Å². The molecule has 0 aliphatic heterocycles. The molecular formula is C18H17ClN3O3-. The second kappa shape index (κ2) is 7.14. The van der Waals surface area contributed by atoms with E-state index in [0.717, 1.165) is 22.2 Å². The maximum Gasteiger partial charge on any atom is 0.252 e. The Morgan fingerprint density at radius 1 is 1.32 bits per heavy atom. The third kappa shape index (κ3) is 3.61. The highest BCUT2D eigenvalue weighted by Crippen LogP contribution is 2.23. The molecule has 25 heavy (non-hydrogen) atoms. The van der Waals surface area contributed by atoms with Crippen molar-refractivity contribution in [3.05, 3.63) is 69.5 Å². The molecule has 0 saturated heterocycles. The summed E-state index contributed by atoms with van der Waals surface area (Å²) in [5.74, 6) is -0.397. The highest BCUT2D eigenvalue weighted by Gasteiger charge is 2.13. The molecule has 0 spiro atoms. The van der Waals surface area contributed by atoms with Gasteiger partial charge in [-0.1, -0.05) is 29.8 Å². The molecule has 0 fully saturated rings. The van der Waals surface area contributed by atoms with E-state index in [-0.39, 0.29) is 21.5 Å². The molecular weight excluding hydrogens is 342 g/mol. The van der Waals surface area contributed by atoms with Gasteiger partial charge >= 0.3 is 0 Å². The maximum atomic E-state index is 12.3. The lowest BCUT2D eigenvalue weighted by atomic mass is 10.1. The Balaban J connectivity index is 1.70. The smallest absolute Gasteiger partial charge is 0.252 e. The van der Waals surface area contributed by atoms with Crippen molar-refractivity contribution in [2.24, 2.45) is 0 Å². The molecule has 130 valence electrons. The van der Waals surface area contributed by atoms with E-state index in [1.54, 1.807) is 0 Å². The molecule has 0 unspecified atom stereocenters. The molecule has 1 amide bonds. The molecule has 3 N–H and O–H groups in total. The number of anilines is 1. The van der Waals surface area contributed by atoms with Gasteiger partial charge < -0.3 is 20.7 Å². The van der Waals surface area contributed by atoms with E-state index in [4.69, 9.17) is 16.8 Å². The molecule has 1 aromatic heterocycles. The van der Waals surface area contributed by atoms with Crippen molar-refractivity contribution < 1.29 is 10.0 Å². The number of nitrogens with zero attached hydrogens (tertiary/aromatic N) is 1. The van der Waals surface area contributed by atoms with Gasteiger partial charge in [0.1, 0.15) is 0 Å². The average molecular weight is 359 g/mol. The Hall–Kier alpha value is -2.54. The molecule has 0 aliphatic rings. The van der Waals surface area contributed by atoms with E-state index in [0.29, 0.717) is 13.0 Å². The third-order valence-electron chi connectivity index (χ3n) is 4.10. The summed E-state index contributed by atoms with van der Waals surface area (Å²) in [6, 6.07) is 12.0. The first-order valence-corrected chi connectivity index (χ1v) is 8.15. The minimum Gasteiger partial charge on any atom is -0.733 e. The summed E-state index contributed by atoms with van der Waals surface area (Å²) in [6.07, 6.45) is 0.659. The Kier molecular flexibility index (Phi) is 4.94. The Bertz CT molecular complexity index is 921. The predicted molar refractivity (Wildman–Crippen MR) is 98.2 cm³/mol. The minimum atomic E-state index is -0.397. The van der Waals surface area contributed by atoms with Crippen LogP contribution >= 0.6 is 11.6 Å². The van der Waals surface area contributed by atoms with Crippen molar-refractivity contribution in [3.8, 4) is 0 Å².